The molecule has 0 aliphatic carbocycles. The number of hydrogen-bond acceptors (Lipinski definition) is 5. The van der Waals surface area contributed by atoms with Gasteiger partial charge < -0.3 is 16.4 Å². The molecule has 0 atom stereocenters. The lowest BCUT2D eigenvalue weighted by Gasteiger charge is -2.04. The third kappa shape index (κ3) is 3.71. The van der Waals surface area contributed by atoms with Gasteiger partial charge in [-0.1, -0.05) is 39.4 Å². The van der Waals surface area contributed by atoms with Crippen molar-refractivity contribution in [3.05, 3.63) is 39.2 Å². The number of rotatable bonds is 5. The largest absolute Gasteiger partial charge is 0.382 e. The monoisotopic (exact) mass is 354 g/mol. The number of aromatic nitrogens is 1. The molecule has 2 aromatic rings. The van der Waals surface area contributed by atoms with Crippen LogP contribution in [0.4, 0.5) is 10.9 Å². The Labute approximate surface area is 129 Å². The summed E-state index contributed by atoms with van der Waals surface area (Å²) < 4.78 is 0.982. The molecule has 0 aliphatic rings. The van der Waals surface area contributed by atoms with Crippen LogP contribution in [0.15, 0.2) is 28.7 Å². The van der Waals surface area contributed by atoms with E-state index in [2.05, 4.69) is 31.5 Å². The molecule has 0 radical (unpaired) electrons. The Morgan fingerprint density at radius 2 is 2.30 bits per heavy atom. The first-order valence-corrected chi connectivity index (χ1v) is 7.74. The van der Waals surface area contributed by atoms with Gasteiger partial charge in [0.1, 0.15) is 10.7 Å². The molecule has 1 amide bonds. The topological polar surface area (TPSA) is 80.0 Å². The second-order valence-corrected chi connectivity index (χ2v) is 5.99. The van der Waals surface area contributed by atoms with Gasteiger partial charge in [-0.05, 0) is 24.6 Å². The summed E-state index contributed by atoms with van der Waals surface area (Å²) >= 11 is 4.66. The number of carbonyl (C=O) groups excluding carboxylic acids is 1. The Hall–Kier alpha value is -1.60. The van der Waals surface area contributed by atoms with E-state index in [1.54, 1.807) is 0 Å². The number of thiazole rings is 1. The fraction of sp³-hybridized carbons (Fsp3) is 0.231. The number of nitrogens with two attached hydrogens (primary N) is 1. The lowest BCUT2D eigenvalue weighted by molar-refractivity contribution is 0.0955. The second-order valence-electron chi connectivity index (χ2n) is 4.08. The van der Waals surface area contributed by atoms with Crippen molar-refractivity contribution in [2.75, 3.05) is 17.6 Å². The summed E-state index contributed by atoms with van der Waals surface area (Å²) in [7, 11) is 0. The molecule has 1 aromatic carbocycles. The minimum absolute atomic E-state index is 0.205. The lowest BCUT2D eigenvalue weighted by atomic mass is 10.2. The first-order valence-electron chi connectivity index (χ1n) is 6.13. The molecule has 0 fully saturated rings. The Kier molecular flexibility index (Phi) is 4.97. The fourth-order valence-electron chi connectivity index (χ4n) is 1.63. The third-order valence-corrected chi connectivity index (χ3v) is 4.05. The van der Waals surface area contributed by atoms with Crippen LogP contribution >= 0.6 is 27.3 Å². The molecule has 4 N–H and O–H groups in total. The van der Waals surface area contributed by atoms with Crippen LogP contribution in [0.25, 0.3) is 0 Å². The molecule has 0 aliphatic heterocycles. The van der Waals surface area contributed by atoms with Gasteiger partial charge in [-0.2, -0.15) is 0 Å². The van der Waals surface area contributed by atoms with Gasteiger partial charge in [-0.25, -0.2) is 4.98 Å². The van der Waals surface area contributed by atoms with Crippen LogP contribution in [-0.2, 0) is 6.54 Å². The third-order valence-electron chi connectivity index (χ3n) is 2.53. The number of carbonyl (C=O) groups is 1. The molecule has 0 spiro atoms. The van der Waals surface area contributed by atoms with Crippen LogP contribution < -0.4 is 16.4 Å². The van der Waals surface area contributed by atoms with Gasteiger partial charge in [0, 0.05) is 17.6 Å². The number of nitrogen functional groups attached to an aromatic ring is 1. The van der Waals surface area contributed by atoms with Crippen molar-refractivity contribution in [1.29, 1.82) is 0 Å². The van der Waals surface area contributed by atoms with Gasteiger partial charge in [0.05, 0.1) is 0 Å². The number of halogens is 1. The molecule has 0 bridgehead atoms. The molecule has 0 saturated heterocycles. The van der Waals surface area contributed by atoms with Crippen molar-refractivity contribution in [2.24, 2.45) is 0 Å². The van der Waals surface area contributed by atoms with Crippen LogP contribution in [0.3, 0.4) is 0 Å². The van der Waals surface area contributed by atoms with Crippen molar-refractivity contribution in [3.8, 4) is 0 Å². The molecule has 1 aromatic heterocycles. The maximum atomic E-state index is 12.1. The molecule has 0 saturated carbocycles. The first-order chi connectivity index (χ1) is 9.60. The Balaban J connectivity index is 2.01. The minimum Gasteiger partial charge on any atom is -0.382 e. The van der Waals surface area contributed by atoms with Gasteiger partial charge in [0.2, 0.25) is 0 Å². The Morgan fingerprint density at radius 1 is 1.50 bits per heavy atom. The molecule has 7 heteroatoms. The van der Waals surface area contributed by atoms with Crippen molar-refractivity contribution in [1.82, 2.24) is 10.3 Å². The molecule has 2 rings (SSSR count). The van der Waals surface area contributed by atoms with Gasteiger partial charge in [-0.3, -0.25) is 4.79 Å². The number of amides is 1. The number of hydrogen-bond donors (Lipinski definition) is 3. The van der Waals surface area contributed by atoms with E-state index in [1.165, 1.54) is 11.3 Å². The zero-order valence-corrected chi connectivity index (χ0v) is 13.3. The number of nitrogens with zero attached hydrogens (tertiary/aromatic N) is 1. The zero-order chi connectivity index (χ0) is 14.5. The van der Waals surface area contributed by atoms with E-state index < -0.39 is 0 Å². The Bertz CT molecular complexity index is 614. The van der Waals surface area contributed by atoms with Gasteiger partial charge >= 0.3 is 0 Å². The van der Waals surface area contributed by atoms with E-state index in [-0.39, 0.29) is 11.7 Å². The van der Waals surface area contributed by atoms with E-state index in [9.17, 15) is 4.79 Å². The fourth-order valence-corrected chi connectivity index (χ4v) is 2.95. The van der Waals surface area contributed by atoms with Crippen LogP contribution in [0.2, 0.25) is 0 Å². The highest BCUT2D eigenvalue weighted by molar-refractivity contribution is 9.10. The highest BCUT2D eigenvalue weighted by atomic mass is 79.9. The molecule has 1 heterocycles. The predicted octanol–water partition coefficient (Wildman–Crippen LogP) is 2.85. The first kappa shape index (κ1) is 14.8. The summed E-state index contributed by atoms with van der Waals surface area (Å²) in [4.78, 5) is 16.6. The van der Waals surface area contributed by atoms with Crippen molar-refractivity contribution >= 4 is 44.1 Å². The molecule has 20 heavy (non-hydrogen) atoms. The van der Waals surface area contributed by atoms with E-state index in [0.29, 0.717) is 16.6 Å². The maximum absolute atomic E-state index is 12.1. The Morgan fingerprint density at radius 3 is 3.00 bits per heavy atom. The minimum atomic E-state index is -0.205. The summed E-state index contributed by atoms with van der Waals surface area (Å²) in [6, 6.07) is 7.77. The smallest absolute Gasteiger partial charge is 0.265 e. The SMILES string of the molecule is CCNc1nc(N)c(C(=O)NCc2cccc(Br)c2)s1. The van der Waals surface area contributed by atoms with Gasteiger partial charge in [0.25, 0.3) is 5.91 Å². The number of benzene rings is 1. The molecule has 0 unspecified atom stereocenters. The van der Waals surface area contributed by atoms with Crippen LogP contribution in [-0.4, -0.2) is 17.4 Å². The maximum Gasteiger partial charge on any atom is 0.265 e. The number of anilines is 2. The van der Waals surface area contributed by atoms with Gasteiger partial charge in [0.15, 0.2) is 5.13 Å². The highest BCUT2D eigenvalue weighted by Gasteiger charge is 2.15. The lowest BCUT2D eigenvalue weighted by Crippen LogP contribution is -2.22. The average molecular weight is 355 g/mol. The van der Waals surface area contributed by atoms with Gasteiger partial charge in [-0.15, -0.1) is 0 Å². The average Bonchev–Trinajstić information content (AvgIpc) is 2.78. The summed E-state index contributed by atoms with van der Waals surface area (Å²) in [5.41, 5.74) is 6.77. The summed E-state index contributed by atoms with van der Waals surface area (Å²) in [5, 5.41) is 6.55. The van der Waals surface area contributed by atoms with Crippen LogP contribution in [0.1, 0.15) is 22.2 Å². The second kappa shape index (κ2) is 6.71. The van der Waals surface area contributed by atoms with Crippen molar-refractivity contribution in [3.63, 3.8) is 0 Å². The standard InChI is InChI=1S/C13H15BrN4OS/c1-2-16-13-18-11(15)10(20-13)12(19)17-7-8-4-3-5-9(14)6-8/h3-6H,2,7,15H2,1H3,(H,16,18)(H,17,19). The molecule has 5 nitrogen and oxygen atoms in total. The predicted molar refractivity (Wildman–Crippen MR) is 86.0 cm³/mol. The van der Waals surface area contributed by atoms with Crippen molar-refractivity contribution in [2.45, 2.75) is 13.5 Å². The molecular weight excluding hydrogens is 340 g/mol. The molecule has 106 valence electrons. The normalized spacial score (nSPS) is 10.3. The van der Waals surface area contributed by atoms with E-state index in [0.717, 1.165) is 16.6 Å². The van der Waals surface area contributed by atoms with Crippen molar-refractivity contribution < 1.29 is 4.79 Å². The summed E-state index contributed by atoms with van der Waals surface area (Å²) in [6.45, 7) is 3.16. The molecular formula is C13H15BrN4OS. The quantitative estimate of drug-likeness (QED) is 0.771. The summed E-state index contributed by atoms with van der Waals surface area (Å²) in [5.74, 6) is 0.0572. The zero-order valence-electron chi connectivity index (χ0n) is 10.9. The van der Waals surface area contributed by atoms with E-state index >= 15 is 0 Å². The van der Waals surface area contributed by atoms with Crippen LogP contribution in [0, 0.1) is 0 Å². The summed E-state index contributed by atoms with van der Waals surface area (Å²) in [6.07, 6.45) is 0. The number of nitrogens with one attached hydrogen (secondary N) is 2. The highest BCUT2D eigenvalue weighted by Crippen LogP contribution is 2.24. The van der Waals surface area contributed by atoms with E-state index in [1.807, 2.05) is 31.2 Å². The van der Waals surface area contributed by atoms with Crippen LogP contribution in [0.5, 0.6) is 0 Å². The van der Waals surface area contributed by atoms with E-state index in [4.69, 9.17) is 5.73 Å².